The van der Waals surface area contributed by atoms with Crippen molar-refractivity contribution in [1.29, 1.82) is 0 Å². The van der Waals surface area contributed by atoms with E-state index in [4.69, 9.17) is 10.2 Å². The minimum atomic E-state index is -0.231. The smallest absolute Gasteiger partial charge is 0.258 e. The summed E-state index contributed by atoms with van der Waals surface area (Å²) in [5.74, 6) is 2.24. The van der Waals surface area contributed by atoms with Gasteiger partial charge in [0.2, 0.25) is 0 Å². The highest BCUT2D eigenvalue weighted by atomic mass is 16.3. The summed E-state index contributed by atoms with van der Waals surface area (Å²) in [7, 11) is 0. The van der Waals surface area contributed by atoms with Gasteiger partial charge in [0.15, 0.2) is 5.82 Å². The topological polar surface area (TPSA) is 99.0 Å². The summed E-state index contributed by atoms with van der Waals surface area (Å²) in [6, 6.07) is 9.32. The lowest BCUT2D eigenvalue weighted by Gasteiger charge is -2.09. The molecule has 0 bridgehead atoms. The van der Waals surface area contributed by atoms with Gasteiger partial charge in [0.1, 0.15) is 17.8 Å². The maximum atomic E-state index is 12.4. The molecule has 0 saturated heterocycles. The Balaban J connectivity index is 1.57. The van der Waals surface area contributed by atoms with Crippen LogP contribution in [0.15, 0.2) is 41.0 Å². The van der Waals surface area contributed by atoms with Gasteiger partial charge >= 0.3 is 0 Å². The van der Waals surface area contributed by atoms with E-state index in [9.17, 15) is 4.79 Å². The molecule has 0 unspecified atom stereocenters. The number of carbonyl (C=O) groups is 1. The van der Waals surface area contributed by atoms with Crippen molar-refractivity contribution in [2.45, 2.75) is 38.8 Å². The molecule has 0 atom stereocenters. The van der Waals surface area contributed by atoms with E-state index in [0.29, 0.717) is 17.0 Å². The summed E-state index contributed by atoms with van der Waals surface area (Å²) in [6.07, 6.45) is 5.89. The fourth-order valence-electron chi connectivity index (χ4n) is 3.24. The maximum Gasteiger partial charge on any atom is 0.258 e. The van der Waals surface area contributed by atoms with Gasteiger partial charge < -0.3 is 20.0 Å². The summed E-state index contributed by atoms with van der Waals surface area (Å²) >= 11 is 0. The summed E-state index contributed by atoms with van der Waals surface area (Å²) in [4.78, 5) is 12.4. The second-order valence-electron chi connectivity index (χ2n) is 6.44. The average molecular weight is 351 g/mol. The fourth-order valence-corrected chi connectivity index (χ4v) is 3.24. The molecule has 3 heterocycles. The minimum absolute atomic E-state index is 0.231. The molecule has 3 aromatic rings. The van der Waals surface area contributed by atoms with Crippen LogP contribution in [0.4, 0.5) is 5.69 Å². The van der Waals surface area contributed by atoms with E-state index in [0.717, 1.165) is 43.0 Å². The molecule has 1 aliphatic rings. The lowest BCUT2D eigenvalue weighted by Crippen LogP contribution is -2.11. The van der Waals surface area contributed by atoms with Gasteiger partial charge in [0, 0.05) is 24.2 Å². The Bertz CT molecular complexity index is 928. The van der Waals surface area contributed by atoms with E-state index in [2.05, 4.69) is 20.1 Å². The first-order valence-electron chi connectivity index (χ1n) is 8.86. The highest BCUT2D eigenvalue weighted by molar-refractivity contribution is 6.04. The predicted molar refractivity (Wildman–Crippen MR) is 97.6 cm³/mol. The van der Waals surface area contributed by atoms with Crippen LogP contribution in [0.1, 0.15) is 41.2 Å². The van der Waals surface area contributed by atoms with Crippen molar-refractivity contribution in [1.82, 2.24) is 14.8 Å². The fraction of sp³-hybridized carbons (Fsp3) is 0.316. The Morgan fingerprint density at radius 1 is 1.23 bits per heavy atom. The third kappa shape index (κ3) is 3.25. The van der Waals surface area contributed by atoms with Gasteiger partial charge in [-0.05, 0) is 31.0 Å². The Hall–Kier alpha value is -2.93. The monoisotopic (exact) mass is 351 g/mol. The van der Waals surface area contributed by atoms with Crippen molar-refractivity contribution in [2.75, 3.05) is 5.32 Å². The quantitative estimate of drug-likeness (QED) is 0.753. The number of nitrogens with two attached hydrogens (primary N) is 1. The van der Waals surface area contributed by atoms with Crippen molar-refractivity contribution in [3.63, 3.8) is 0 Å². The van der Waals surface area contributed by atoms with Crippen LogP contribution in [0, 0.1) is 0 Å². The third-order valence-corrected chi connectivity index (χ3v) is 4.61. The zero-order valence-corrected chi connectivity index (χ0v) is 14.4. The molecule has 1 amide bonds. The number of nitrogens with one attached hydrogen (secondary N) is 1. The number of anilines is 1. The SMILES string of the molecule is NCc1cc(C(=O)Nc2cccc(-c3nnc4n3CCCCC4)c2)co1. The van der Waals surface area contributed by atoms with Crippen LogP contribution in [0.5, 0.6) is 0 Å². The predicted octanol–water partition coefficient (Wildman–Crippen LogP) is 2.98. The highest BCUT2D eigenvalue weighted by Crippen LogP contribution is 2.25. The molecule has 134 valence electrons. The van der Waals surface area contributed by atoms with Crippen molar-refractivity contribution >= 4 is 11.6 Å². The average Bonchev–Trinajstić information content (AvgIpc) is 3.24. The number of hydrogen-bond donors (Lipinski definition) is 2. The van der Waals surface area contributed by atoms with Crippen LogP contribution in [0.25, 0.3) is 11.4 Å². The second-order valence-corrected chi connectivity index (χ2v) is 6.44. The molecule has 1 aromatic carbocycles. The van der Waals surface area contributed by atoms with Crippen LogP contribution in [-0.4, -0.2) is 20.7 Å². The molecule has 0 radical (unpaired) electrons. The van der Waals surface area contributed by atoms with Gasteiger partial charge in [-0.3, -0.25) is 4.79 Å². The van der Waals surface area contributed by atoms with Crippen LogP contribution in [0.3, 0.4) is 0 Å². The van der Waals surface area contributed by atoms with Gasteiger partial charge in [-0.25, -0.2) is 0 Å². The molecule has 26 heavy (non-hydrogen) atoms. The Morgan fingerprint density at radius 2 is 2.15 bits per heavy atom. The molecule has 7 nitrogen and oxygen atoms in total. The lowest BCUT2D eigenvalue weighted by atomic mass is 10.1. The van der Waals surface area contributed by atoms with Crippen LogP contribution in [-0.2, 0) is 19.5 Å². The lowest BCUT2D eigenvalue weighted by molar-refractivity contribution is 0.102. The number of nitrogens with zero attached hydrogens (tertiary/aromatic N) is 3. The van der Waals surface area contributed by atoms with E-state index in [1.807, 2.05) is 24.3 Å². The minimum Gasteiger partial charge on any atom is -0.467 e. The van der Waals surface area contributed by atoms with Gasteiger partial charge in [0.25, 0.3) is 5.91 Å². The number of hydrogen-bond acceptors (Lipinski definition) is 5. The standard InChI is InChI=1S/C19H21N5O2/c20-11-16-10-14(12-26-16)19(25)21-15-6-4-5-13(9-15)18-23-22-17-7-2-1-3-8-24(17)18/h4-6,9-10,12H,1-3,7-8,11,20H2,(H,21,25). The summed E-state index contributed by atoms with van der Waals surface area (Å²) < 4.78 is 7.41. The molecule has 0 saturated carbocycles. The van der Waals surface area contributed by atoms with Crippen LogP contribution in [0.2, 0.25) is 0 Å². The van der Waals surface area contributed by atoms with E-state index < -0.39 is 0 Å². The van der Waals surface area contributed by atoms with Gasteiger partial charge in [-0.2, -0.15) is 0 Å². The number of fused-ring (bicyclic) bond motifs is 1. The Morgan fingerprint density at radius 3 is 3.00 bits per heavy atom. The highest BCUT2D eigenvalue weighted by Gasteiger charge is 2.17. The molecule has 0 aliphatic carbocycles. The van der Waals surface area contributed by atoms with Crippen LogP contribution >= 0.6 is 0 Å². The molecule has 1 aliphatic heterocycles. The number of aromatic nitrogens is 3. The Labute approximate surface area is 151 Å². The van der Waals surface area contributed by atoms with Crippen molar-refractivity contribution in [3.8, 4) is 11.4 Å². The van der Waals surface area contributed by atoms with Crippen molar-refractivity contribution in [3.05, 3.63) is 53.7 Å². The zero-order chi connectivity index (χ0) is 17.9. The first-order valence-corrected chi connectivity index (χ1v) is 8.86. The van der Waals surface area contributed by atoms with Gasteiger partial charge in [0.05, 0.1) is 12.1 Å². The second kappa shape index (κ2) is 7.13. The summed E-state index contributed by atoms with van der Waals surface area (Å²) in [5, 5.41) is 11.6. The largest absolute Gasteiger partial charge is 0.467 e. The van der Waals surface area contributed by atoms with E-state index >= 15 is 0 Å². The third-order valence-electron chi connectivity index (χ3n) is 4.61. The summed E-state index contributed by atoms with van der Waals surface area (Å²) in [5.41, 5.74) is 7.61. The molecule has 0 fully saturated rings. The van der Waals surface area contributed by atoms with Crippen LogP contribution < -0.4 is 11.1 Å². The normalized spacial score (nSPS) is 13.9. The number of rotatable bonds is 4. The van der Waals surface area contributed by atoms with E-state index in [-0.39, 0.29) is 12.5 Å². The van der Waals surface area contributed by atoms with Gasteiger partial charge in [-0.15, -0.1) is 10.2 Å². The number of furan rings is 1. The number of amides is 1. The first kappa shape index (κ1) is 16.5. The molecule has 0 spiro atoms. The molecular weight excluding hydrogens is 330 g/mol. The van der Waals surface area contributed by atoms with E-state index in [1.165, 1.54) is 12.7 Å². The molecule has 2 aromatic heterocycles. The van der Waals surface area contributed by atoms with Crippen molar-refractivity contribution in [2.24, 2.45) is 5.73 Å². The number of benzene rings is 1. The summed E-state index contributed by atoms with van der Waals surface area (Å²) in [6.45, 7) is 1.20. The molecule has 4 rings (SSSR count). The van der Waals surface area contributed by atoms with E-state index in [1.54, 1.807) is 6.07 Å². The first-order chi connectivity index (χ1) is 12.7. The maximum absolute atomic E-state index is 12.4. The number of carbonyl (C=O) groups excluding carboxylic acids is 1. The Kier molecular flexibility index (Phi) is 4.53. The number of aryl methyl sites for hydroxylation is 1. The zero-order valence-electron chi connectivity index (χ0n) is 14.4. The van der Waals surface area contributed by atoms with Gasteiger partial charge in [-0.1, -0.05) is 18.6 Å². The molecule has 7 heteroatoms. The molecule has 3 N–H and O–H groups in total. The van der Waals surface area contributed by atoms with Crippen molar-refractivity contribution < 1.29 is 9.21 Å². The molecular formula is C19H21N5O2.